The third kappa shape index (κ3) is 3.38. The highest BCUT2D eigenvalue weighted by atomic mass is 79.9. The Morgan fingerprint density at radius 3 is 2.58 bits per heavy atom. The summed E-state index contributed by atoms with van der Waals surface area (Å²) in [5.41, 5.74) is 0.0204. The Hall–Kier alpha value is -0.390. The average molecular weight is 346 g/mol. The van der Waals surface area contributed by atoms with E-state index in [9.17, 15) is 8.42 Å². The lowest BCUT2D eigenvalue weighted by Crippen LogP contribution is -2.46. The second kappa shape index (κ2) is 5.54. The van der Waals surface area contributed by atoms with Crippen LogP contribution < -0.4 is 4.72 Å². The highest BCUT2D eigenvalue weighted by Crippen LogP contribution is 2.36. The molecule has 1 saturated carbocycles. The molecule has 1 aromatic carbocycles. The summed E-state index contributed by atoms with van der Waals surface area (Å²) < 4.78 is 28.4. The molecule has 0 bridgehead atoms. The first kappa shape index (κ1) is 15.0. The minimum absolute atomic E-state index is 0.0124. The van der Waals surface area contributed by atoms with Crippen molar-refractivity contribution >= 4 is 26.0 Å². The van der Waals surface area contributed by atoms with Crippen molar-refractivity contribution in [2.24, 2.45) is 5.41 Å². The molecule has 1 aromatic rings. The van der Waals surface area contributed by atoms with E-state index in [1.54, 1.807) is 18.2 Å². The van der Waals surface area contributed by atoms with Gasteiger partial charge >= 0.3 is 0 Å². The Labute approximate surface area is 124 Å². The lowest BCUT2D eigenvalue weighted by Gasteiger charge is -2.38. The predicted molar refractivity (Wildman–Crippen MR) is 80.5 cm³/mol. The molecule has 1 fully saturated rings. The van der Waals surface area contributed by atoms with Gasteiger partial charge in [0.15, 0.2) is 0 Å². The van der Waals surface area contributed by atoms with Gasteiger partial charge in [-0.2, -0.15) is 0 Å². The van der Waals surface area contributed by atoms with Crippen molar-refractivity contribution in [3.63, 3.8) is 0 Å². The monoisotopic (exact) mass is 345 g/mol. The van der Waals surface area contributed by atoms with Gasteiger partial charge in [0.05, 0.1) is 4.90 Å². The van der Waals surface area contributed by atoms with Crippen molar-refractivity contribution in [1.82, 2.24) is 4.72 Å². The third-order valence-corrected chi connectivity index (χ3v) is 6.41. The van der Waals surface area contributed by atoms with Gasteiger partial charge in [0.25, 0.3) is 0 Å². The van der Waals surface area contributed by atoms with Crippen LogP contribution in [0.15, 0.2) is 33.6 Å². The van der Waals surface area contributed by atoms with Crippen molar-refractivity contribution < 1.29 is 8.42 Å². The van der Waals surface area contributed by atoms with Gasteiger partial charge in [-0.3, -0.25) is 0 Å². The molecule has 5 heteroatoms. The van der Waals surface area contributed by atoms with E-state index in [-0.39, 0.29) is 11.5 Å². The molecule has 1 N–H and O–H groups in total. The van der Waals surface area contributed by atoms with Crippen LogP contribution in [0, 0.1) is 5.41 Å². The lowest BCUT2D eigenvalue weighted by molar-refractivity contribution is 0.188. The zero-order valence-corrected chi connectivity index (χ0v) is 13.7. The Balaban J connectivity index is 2.25. The molecule has 1 aliphatic rings. The second-order valence-electron chi connectivity index (χ2n) is 5.84. The van der Waals surface area contributed by atoms with Crippen molar-refractivity contribution in [2.45, 2.75) is 50.5 Å². The molecule has 1 atom stereocenters. The summed E-state index contributed by atoms with van der Waals surface area (Å²) in [6.07, 6.45) is 4.25. The number of nitrogens with one attached hydrogen (secondary N) is 1. The van der Waals surface area contributed by atoms with Crippen molar-refractivity contribution in [3.8, 4) is 0 Å². The molecule has 0 spiro atoms. The average Bonchev–Trinajstić information content (AvgIpc) is 2.32. The summed E-state index contributed by atoms with van der Waals surface area (Å²) in [4.78, 5) is 0.316. The Bertz CT molecular complexity index is 554. The van der Waals surface area contributed by atoms with E-state index in [4.69, 9.17) is 0 Å². The summed E-state index contributed by atoms with van der Waals surface area (Å²) in [5, 5.41) is 0. The molecule has 0 aromatic heterocycles. The number of halogens is 1. The molecule has 0 amide bonds. The molecule has 0 heterocycles. The van der Waals surface area contributed by atoms with E-state index in [1.165, 1.54) is 6.42 Å². The summed E-state index contributed by atoms with van der Waals surface area (Å²) in [6, 6.07) is 6.94. The number of hydrogen-bond acceptors (Lipinski definition) is 2. The van der Waals surface area contributed by atoms with Gasteiger partial charge in [-0.1, -0.05) is 38.8 Å². The quantitative estimate of drug-likeness (QED) is 0.907. The van der Waals surface area contributed by atoms with Gasteiger partial charge in [-0.25, -0.2) is 13.1 Å². The van der Waals surface area contributed by atoms with E-state index >= 15 is 0 Å². The predicted octanol–water partition coefficient (Wildman–Crippen LogP) is 3.70. The molecule has 0 radical (unpaired) electrons. The molecular weight excluding hydrogens is 326 g/mol. The van der Waals surface area contributed by atoms with Gasteiger partial charge in [-0.15, -0.1) is 0 Å². The third-order valence-electron chi connectivity index (χ3n) is 3.93. The number of rotatable bonds is 3. The first-order chi connectivity index (χ1) is 8.83. The number of benzene rings is 1. The minimum atomic E-state index is -3.46. The Morgan fingerprint density at radius 1 is 1.26 bits per heavy atom. The van der Waals surface area contributed by atoms with Gasteiger partial charge < -0.3 is 0 Å². The van der Waals surface area contributed by atoms with E-state index in [1.807, 2.05) is 6.07 Å². The van der Waals surface area contributed by atoms with Crippen LogP contribution in [0.2, 0.25) is 0 Å². The van der Waals surface area contributed by atoms with Crippen LogP contribution in [0.5, 0.6) is 0 Å². The molecular formula is C14H20BrNO2S. The van der Waals surface area contributed by atoms with Crippen LogP contribution in [0.1, 0.15) is 39.5 Å². The number of hydrogen-bond donors (Lipinski definition) is 1. The van der Waals surface area contributed by atoms with Gasteiger partial charge in [0, 0.05) is 10.5 Å². The van der Waals surface area contributed by atoms with Crippen molar-refractivity contribution in [3.05, 3.63) is 28.7 Å². The molecule has 1 aliphatic carbocycles. The van der Waals surface area contributed by atoms with Crippen molar-refractivity contribution in [1.29, 1.82) is 0 Å². The number of sulfonamides is 1. The maximum atomic E-state index is 12.5. The molecule has 2 rings (SSSR count). The van der Waals surface area contributed by atoms with Crippen LogP contribution in [0.3, 0.4) is 0 Å². The smallest absolute Gasteiger partial charge is 0.208 e. The van der Waals surface area contributed by atoms with E-state index in [0.29, 0.717) is 9.37 Å². The topological polar surface area (TPSA) is 46.2 Å². The fourth-order valence-corrected chi connectivity index (χ4v) is 5.07. The minimum Gasteiger partial charge on any atom is -0.208 e. The van der Waals surface area contributed by atoms with Gasteiger partial charge in [0.2, 0.25) is 10.0 Å². The standard InChI is InChI=1S/C14H20BrNO2S/c1-14(2)10-6-5-9-13(14)16-19(17,18)12-8-4-3-7-11(12)15/h3-4,7-8,13,16H,5-6,9-10H2,1-2H3. The van der Waals surface area contributed by atoms with Gasteiger partial charge in [0.1, 0.15) is 0 Å². The summed E-state index contributed by atoms with van der Waals surface area (Å²) >= 11 is 3.31. The van der Waals surface area contributed by atoms with E-state index in [0.717, 1.165) is 19.3 Å². The Kier molecular flexibility index (Phi) is 4.38. The van der Waals surface area contributed by atoms with E-state index in [2.05, 4.69) is 34.5 Å². The van der Waals surface area contributed by atoms with Crippen LogP contribution >= 0.6 is 15.9 Å². The summed E-state index contributed by atoms with van der Waals surface area (Å²) in [5.74, 6) is 0. The lowest BCUT2D eigenvalue weighted by atomic mass is 9.74. The summed E-state index contributed by atoms with van der Waals surface area (Å²) in [6.45, 7) is 4.28. The van der Waals surface area contributed by atoms with Gasteiger partial charge in [-0.05, 0) is 46.3 Å². The van der Waals surface area contributed by atoms with Crippen LogP contribution in [-0.2, 0) is 10.0 Å². The molecule has 3 nitrogen and oxygen atoms in total. The van der Waals surface area contributed by atoms with Crippen LogP contribution in [0.4, 0.5) is 0 Å². The Morgan fingerprint density at radius 2 is 1.95 bits per heavy atom. The SMILES string of the molecule is CC1(C)CCCCC1NS(=O)(=O)c1ccccc1Br. The molecule has 19 heavy (non-hydrogen) atoms. The fraction of sp³-hybridized carbons (Fsp3) is 0.571. The van der Waals surface area contributed by atoms with Crippen LogP contribution in [-0.4, -0.2) is 14.5 Å². The zero-order chi connectivity index (χ0) is 14.1. The fourth-order valence-electron chi connectivity index (χ4n) is 2.63. The normalized spacial score (nSPS) is 23.2. The maximum Gasteiger partial charge on any atom is 0.241 e. The first-order valence-electron chi connectivity index (χ1n) is 6.60. The molecule has 0 saturated heterocycles. The maximum absolute atomic E-state index is 12.5. The van der Waals surface area contributed by atoms with Crippen molar-refractivity contribution in [2.75, 3.05) is 0 Å². The molecule has 0 aliphatic heterocycles. The highest BCUT2D eigenvalue weighted by Gasteiger charge is 2.35. The van der Waals surface area contributed by atoms with E-state index < -0.39 is 10.0 Å². The second-order valence-corrected chi connectivity index (χ2v) is 8.38. The highest BCUT2D eigenvalue weighted by molar-refractivity contribution is 9.10. The molecule has 106 valence electrons. The zero-order valence-electron chi connectivity index (χ0n) is 11.3. The first-order valence-corrected chi connectivity index (χ1v) is 8.87. The largest absolute Gasteiger partial charge is 0.241 e. The molecule has 1 unspecified atom stereocenters. The van der Waals surface area contributed by atoms with Crippen LogP contribution in [0.25, 0.3) is 0 Å². The summed E-state index contributed by atoms with van der Waals surface area (Å²) in [7, 11) is -3.46.